The summed E-state index contributed by atoms with van der Waals surface area (Å²) in [5.74, 6) is 1.38. The fraction of sp³-hybridized carbons (Fsp3) is 0.136. The number of ketones is 1. The van der Waals surface area contributed by atoms with E-state index in [1.54, 1.807) is 42.9 Å². The van der Waals surface area contributed by atoms with Gasteiger partial charge in [0.15, 0.2) is 16.8 Å². The molecule has 0 aliphatic heterocycles. The lowest BCUT2D eigenvalue weighted by Gasteiger charge is -2.09. The molecular weight excluding hydrogens is 414 g/mol. The monoisotopic (exact) mass is 433 g/mol. The van der Waals surface area contributed by atoms with Crippen molar-refractivity contribution < 1.29 is 14.0 Å². The minimum absolute atomic E-state index is 0.0191. The number of thioether (sulfide) groups is 1. The number of Topliss-reactive ketones (excluding diaryl/α,β-unsaturated/α-hetero) is 1. The van der Waals surface area contributed by atoms with Gasteiger partial charge in [-0.3, -0.25) is 19.1 Å². The maximum atomic E-state index is 12.4. The molecule has 0 atom stereocenters. The summed E-state index contributed by atoms with van der Waals surface area (Å²) < 4.78 is 7.39. The van der Waals surface area contributed by atoms with Crippen molar-refractivity contribution in [1.82, 2.24) is 19.7 Å². The zero-order chi connectivity index (χ0) is 21.6. The fourth-order valence-electron chi connectivity index (χ4n) is 2.93. The Balaban J connectivity index is 1.48. The predicted octanol–water partition coefficient (Wildman–Crippen LogP) is 3.91. The highest BCUT2D eigenvalue weighted by atomic mass is 32.2. The zero-order valence-electron chi connectivity index (χ0n) is 16.7. The Bertz CT molecular complexity index is 1170. The van der Waals surface area contributed by atoms with Crippen LogP contribution in [0.4, 0.5) is 5.69 Å². The first-order valence-electron chi connectivity index (χ1n) is 9.50. The molecule has 3 heterocycles. The van der Waals surface area contributed by atoms with Gasteiger partial charge in [0.2, 0.25) is 5.91 Å². The number of nitrogens with zero attached hydrogens (tertiary/aromatic N) is 4. The number of hydrogen-bond donors (Lipinski definition) is 1. The normalized spacial score (nSPS) is 10.7. The van der Waals surface area contributed by atoms with E-state index in [4.69, 9.17) is 4.42 Å². The number of anilines is 1. The van der Waals surface area contributed by atoms with Gasteiger partial charge in [-0.2, -0.15) is 0 Å². The Hall–Kier alpha value is -3.72. The second-order valence-corrected chi connectivity index (χ2v) is 7.62. The Labute approximate surface area is 182 Å². The van der Waals surface area contributed by atoms with Gasteiger partial charge in [-0.05, 0) is 55.5 Å². The molecule has 0 aliphatic rings. The first-order chi connectivity index (χ1) is 15.1. The molecule has 0 saturated carbocycles. The number of rotatable bonds is 8. The summed E-state index contributed by atoms with van der Waals surface area (Å²) in [4.78, 5) is 27.8. The number of carbonyl (C=O) groups excluding carboxylic acids is 2. The standard InChI is InChI=1S/C22H19N5O3S/c1-15(28)16-4-6-18(7-5-16)24-20(29)14-31-22-26-25-21(17-8-10-23-11-9-17)27(22)13-19-3-2-12-30-19/h2-12H,13-14H2,1H3,(H,24,29). The highest BCUT2D eigenvalue weighted by Gasteiger charge is 2.17. The quantitative estimate of drug-likeness (QED) is 0.332. The van der Waals surface area contributed by atoms with Gasteiger partial charge in [-0.25, -0.2) is 0 Å². The topological polar surface area (TPSA) is 103 Å². The van der Waals surface area contributed by atoms with Crippen molar-refractivity contribution >= 4 is 29.1 Å². The molecule has 0 saturated heterocycles. The van der Waals surface area contributed by atoms with E-state index in [2.05, 4.69) is 20.5 Å². The minimum Gasteiger partial charge on any atom is -0.467 e. The van der Waals surface area contributed by atoms with E-state index in [1.165, 1.54) is 18.7 Å². The van der Waals surface area contributed by atoms with Crippen LogP contribution in [0.15, 0.2) is 76.8 Å². The van der Waals surface area contributed by atoms with E-state index in [-0.39, 0.29) is 17.4 Å². The molecule has 1 N–H and O–H groups in total. The molecule has 0 unspecified atom stereocenters. The molecule has 0 bridgehead atoms. The smallest absolute Gasteiger partial charge is 0.234 e. The van der Waals surface area contributed by atoms with E-state index in [1.807, 2.05) is 28.8 Å². The number of furan rings is 1. The van der Waals surface area contributed by atoms with Gasteiger partial charge in [-0.1, -0.05) is 11.8 Å². The first kappa shape index (κ1) is 20.5. The van der Waals surface area contributed by atoms with Crippen molar-refractivity contribution in [3.8, 4) is 11.4 Å². The molecule has 1 amide bonds. The second kappa shape index (κ2) is 9.40. The van der Waals surface area contributed by atoms with Gasteiger partial charge in [0, 0.05) is 29.2 Å². The number of hydrogen-bond acceptors (Lipinski definition) is 7. The molecule has 1 aromatic carbocycles. The van der Waals surface area contributed by atoms with Gasteiger partial charge < -0.3 is 9.73 Å². The third-order valence-corrected chi connectivity index (χ3v) is 5.42. The number of pyridine rings is 1. The molecule has 9 heteroatoms. The van der Waals surface area contributed by atoms with Crippen molar-refractivity contribution in [2.45, 2.75) is 18.6 Å². The molecule has 156 valence electrons. The Morgan fingerprint density at radius 3 is 2.52 bits per heavy atom. The molecular formula is C22H19N5O3S. The lowest BCUT2D eigenvalue weighted by atomic mass is 10.1. The molecule has 0 radical (unpaired) electrons. The second-order valence-electron chi connectivity index (χ2n) is 6.68. The largest absolute Gasteiger partial charge is 0.467 e. The summed E-state index contributed by atoms with van der Waals surface area (Å²) in [5.41, 5.74) is 2.10. The van der Waals surface area contributed by atoms with Crippen LogP contribution >= 0.6 is 11.8 Å². The molecule has 31 heavy (non-hydrogen) atoms. The average molecular weight is 433 g/mol. The summed E-state index contributed by atoms with van der Waals surface area (Å²) >= 11 is 1.29. The van der Waals surface area contributed by atoms with Crippen molar-refractivity contribution in [3.63, 3.8) is 0 Å². The molecule has 3 aromatic heterocycles. The maximum Gasteiger partial charge on any atom is 0.234 e. The van der Waals surface area contributed by atoms with Gasteiger partial charge >= 0.3 is 0 Å². The van der Waals surface area contributed by atoms with E-state index >= 15 is 0 Å². The van der Waals surface area contributed by atoms with Crippen LogP contribution in [-0.2, 0) is 11.3 Å². The number of aromatic nitrogens is 4. The van der Waals surface area contributed by atoms with Crippen LogP contribution in [0.3, 0.4) is 0 Å². The van der Waals surface area contributed by atoms with Crippen molar-refractivity contribution in [2.24, 2.45) is 0 Å². The Morgan fingerprint density at radius 2 is 1.84 bits per heavy atom. The summed E-state index contributed by atoms with van der Waals surface area (Å²) in [6, 6.07) is 14.2. The maximum absolute atomic E-state index is 12.4. The molecule has 0 fully saturated rings. The lowest BCUT2D eigenvalue weighted by molar-refractivity contribution is -0.113. The number of amides is 1. The average Bonchev–Trinajstić information content (AvgIpc) is 3.44. The SMILES string of the molecule is CC(=O)c1ccc(NC(=O)CSc2nnc(-c3ccncc3)n2Cc2ccco2)cc1. The van der Waals surface area contributed by atoms with Crippen LogP contribution < -0.4 is 5.32 Å². The molecule has 0 aliphatic carbocycles. The van der Waals surface area contributed by atoms with Crippen LogP contribution in [0.2, 0.25) is 0 Å². The Kier molecular flexibility index (Phi) is 6.23. The molecule has 4 rings (SSSR count). The summed E-state index contributed by atoms with van der Waals surface area (Å²) in [7, 11) is 0. The van der Waals surface area contributed by atoms with E-state index < -0.39 is 0 Å². The minimum atomic E-state index is -0.182. The highest BCUT2D eigenvalue weighted by Crippen LogP contribution is 2.25. The molecule has 4 aromatic rings. The number of carbonyl (C=O) groups is 2. The molecule has 8 nitrogen and oxygen atoms in total. The third-order valence-electron chi connectivity index (χ3n) is 4.46. The van der Waals surface area contributed by atoms with Gasteiger partial charge in [0.1, 0.15) is 5.76 Å². The summed E-state index contributed by atoms with van der Waals surface area (Å²) in [6.45, 7) is 1.94. The van der Waals surface area contributed by atoms with Crippen LogP contribution in [0.1, 0.15) is 23.0 Å². The molecule has 0 spiro atoms. The van der Waals surface area contributed by atoms with Crippen molar-refractivity contribution in [2.75, 3.05) is 11.1 Å². The van der Waals surface area contributed by atoms with Gasteiger partial charge in [0.05, 0.1) is 18.6 Å². The van der Waals surface area contributed by atoms with Crippen molar-refractivity contribution in [3.05, 3.63) is 78.5 Å². The van der Waals surface area contributed by atoms with Crippen LogP contribution in [0, 0.1) is 0 Å². The Morgan fingerprint density at radius 1 is 1.06 bits per heavy atom. The van der Waals surface area contributed by atoms with Gasteiger partial charge in [-0.15, -0.1) is 10.2 Å². The number of benzene rings is 1. The predicted molar refractivity (Wildman–Crippen MR) is 117 cm³/mol. The summed E-state index contributed by atoms with van der Waals surface area (Å²) in [5, 5.41) is 12.0. The highest BCUT2D eigenvalue weighted by molar-refractivity contribution is 7.99. The van der Waals surface area contributed by atoms with Gasteiger partial charge in [0.25, 0.3) is 0 Å². The third kappa shape index (κ3) is 5.07. The van der Waals surface area contributed by atoms with Crippen LogP contribution in [0.5, 0.6) is 0 Å². The summed E-state index contributed by atoms with van der Waals surface area (Å²) in [6.07, 6.45) is 5.00. The van der Waals surface area contributed by atoms with Crippen LogP contribution in [0.25, 0.3) is 11.4 Å². The van der Waals surface area contributed by atoms with Crippen molar-refractivity contribution in [1.29, 1.82) is 0 Å². The van der Waals surface area contributed by atoms with Crippen LogP contribution in [-0.4, -0.2) is 37.2 Å². The number of nitrogens with one attached hydrogen (secondary N) is 1. The van der Waals surface area contributed by atoms with E-state index in [0.717, 1.165) is 11.3 Å². The zero-order valence-corrected chi connectivity index (χ0v) is 17.5. The first-order valence-corrected chi connectivity index (χ1v) is 10.5. The lowest BCUT2D eigenvalue weighted by Crippen LogP contribution is -2.15. The van der Waals surface area contributed by atoms with E-state index in [9.17, 15) is 9.59 Å². The van der Waals surface area contributed by atoms with E-state index in [0.29, 0.717) is 28.8 Å². The fourth-order valence-corrected chi connectivity index (χ4v) is 3.66.